The van der Waals surface area contributed by atoms with E-state index in [0.717, 1.165) is 24.8 Å². The largest absolute Gasteiger partial charge is 0.381 e. The summed E-state index contributed by atoms with van der Waals surface area (Å²) in [6.07, 6.45) is 10.3. The Morgan fingerprint density at radius 2 is 2.04 bits per heavy atom. The first-order valence-electron chi connectivity index (χ1n) is 9.07. The third-order valence-electron chi connectivity index (χ3n) is 8.06. The van der Waals surface area contributed by atoms with Crippen molar-refractivity contribution in [1.82, 2.24) is 0 Å². The second kappa shape index (κ2) is 4.47. The minimum atomic E-state index is -0.920. The average molecular weight is 312 g/mol. The van der Waals surface area contributed by atoms with Gasteiger partial charge in [-0.15, -0.1) is 0 Å². The molecule has 3 fully saturated rings. The van der Waals surface area contributed by atoms with Crippen molar-refractivity contribution in [3.05, 3.63) is 36.0 Å². The Hall–Kier alpha value is -1.15. The lowest BCUT2D eigenvalue weighted by Gasteiger charge is -2.67. The Kier molecular flexibility index (Phi) is 2.99. The predicted octanol–water partition coefficient (Wildman–Crippen LogP) is 4.21. The highest BCUT2D eigenvalue weighted by molar-refractivity contribution is 6.01. The molecule has 0 aliphatic heterocycles. The number of carbonyl (C=O) groups excluding carboxylic acids is 1. The van der Waals surface area contributed by atoms with Gasteiger partial charge < -0.3 is 5.11 Å². The fraction of sp³-hybridized carbons (Fsp3) is 0.667. The molecule has 0 aromatic heterocycles. The van der Waals surface area contributed by atoms with Gasteiger partial charge in [0.25, 0.3) is 0 Å². The van der Waals surface area contributed by atoms with Gasteiger partial charge >= 0.3 is 0 Å². The van der Waals surface area contributed by atoms with Crippen molar-refractivity contribution in [3.63, 3.8) is 0 Å². The zero-order chi connectivity index (χ0) is 16.6. The SMILES string of the molecule is C=C1CCC2C3C1(C)CCC(C)C3(C)CC1=CC(=O)C=CC12O. The van der Waals surface area contributed by atoms with Gasteiger partial charge in [0, 0.05) is 0 Å². The van der Waals surface area contributed by atoms with E-state index in [1.54, 1.807) is 18.2 Å². The molecule has 2 nitrogen and oxygen atoms in total. The molecule has 0 bridgehead atoms. The van der Waals surface area contributed by atoms with Crippen molar-refractivity contribution >= 4 is 5.78 Å². The first-order chi connectivity index (χ1) is 10.7. The highest BCUT2D eigenvalue weighted by Crippen LogP contribution is 2.70. The van der Waals surface area contributed by atoms with Crippen LogP contribution in [0.2, 0.25) is 0 Å². The summed E-state index contributed by atoms with van der Waals surface area (Å²) < 4.78 is 0. The van der Waals surface area contributed by atoms with Gasteiger partial charge in [0.1, 0.15) is 5.60 Å². The topological polar surface area (TPSA) is 37.3 Å². The summed E-state index contributed by atoms with van der Waals surface area (Å²) in [7, 11) is 0. The molecule has 0 heterocycles. The van der Waals surface area contributed by atoms with Crippen molar-refractivity contribution < 1.29 is 9.90 Å². The molecule has 4 aliphatic rings. The van der Waals surface area contributed by atoms with Crippen molar-refractivity contribution in [2.75, 3.05) is 0 Å². The maximum Gasteiger partial charge on any atom is 0.178 e. The summed E-state index contributed by atoms with van der Waals surface area (Å²) in [5.74, 6) is 1.29. The standard InChI is InChI=1S/C21H28O2/c1-13-5-6-17-18-19(13,3)9-7-14(2)20(18,4)12-15-11-16(22)8-10-21(15,17)23/h8,10-11,14,17-18,23H,1,5-7,9,12H2,2-4H3. The Morgan fingerprint density at radius 3 is 2.78 bits per heavy atom. The Bertz CT molecular complexity index is 657. The van der Waals surface area contributed by atoms with E-state index >= 15 is 0 Å². The lowest BCUT2D eigenvalue weighted by molar-refractivity contribution is -0.153. The molecule has 0 aromatic carbocycles. The summed E-state index contributed by atoms with van der Waals surface area (Å²) in [5, 5.41) is 11.5. The van der Waals surface area contributed by atoms with E-state index in [1.807, 2.05) is 0 Å². The summed E-state index contributed by atoms with van der Waals surface area (Å²) in [4.78, 5) is 11.9. The molecule has 4 aliphatic carbocycles. The molecule has 2 heteroatoms. The third kappa shape index (κ3) is 1.76. The van der Waals surface area contributed by atoms with E-state index in [1.165, 1.54) is 18.4 Å². The monoisotopic (exact) mass is 312 g/mol. The normalized spacial score (nSPS) is 51.8. The van der Waals surface area contributed by atoms with Gasteiger partial charge in [0.15, 0.2) is 5.78 Å². The van der Waals surface area contributed by atoms with Crippen molar-refractivity contribution in [1.29, 1.82) is 0 Å². The second-order valence-electron chi connectivity index (χ2n) is 9.00. The lowest BCUT2D eigenvalue weighted by atomic mass is 9.38. The average Bonchev–Trinajstić information content (AvgIpc) is 2.49. The van der Waals surface area contributed by atoms with Gasteiger partial charge in [-0.25, -0.2) is 0 Å². The first-order valence-corrected chi connectivity index (χ1v) is 9.07. The van der Waals surface area contributed by atoms with Crippen LogP contribution in [-0.2, 0) is 4.79 Å². The van der Waals surface area contributed by atoms with Crippen LogP contribution in [0.25, 0.3) is 0 Å². The van der Waals surface area contributed by atoms with E-state index < -0.39 is 5.60 Å². The van der Waals surface area contributed by atoms with E-state index in [2.05, 4.69) is 27.4 Å². The minimum absolute atomic E-state index is 0.0261. The van der Waals surface area contributed by atoms with Gasteiger partial charge in [-0.05, 0) is 84.5 Å². The number of allylic oxidation sites excluding steroid dienone is 3. The third-order valence-corrected chi connectivity index (χ3v) is 8.06. The van der Waals surface area contributed by atoms with Crippen LogP contribution < -0.4 is 0 Å². The quantitative estimate of drug-likeness (QED) is 0.680. The lowest BCUT2D eigenvalue weighted by Crippen LogP contribution is -2.63. The molecule has 6 atom stereocenters. The van der Waals surface area contributed by atoms with Crippen LogP contribution in [0.5, 0.6) is 0 Å². The van der Waals surface area contributed by atoms with Crippen LogP contribution in [0.4, 0.5) is 0 Å². The van der Waals surface area contributed by atoms with E-state index in [-0.39, 0.29) is 22.5 Å². The molecule has 0 spiro atoms. The number of hydrogen-bond donors (Lipinski definition) is 1. The fourth-order valence-electron chi connectivity index (χ4n) is 6.49. The van der Waals surface area contributed by atoms with Gasteiger partial charge in [-0.1, -0.05) is 32.9 Å². The molecular weight excluding hydrogens is 284 g/mol. The second-order valence-corrected chi connectivity index (χ2v) is 9.00. The molecule has 4 rings (SSSR count). The number of fused-ring (bicyclic) bond motifs is 2. The zero-order valence-corrected chi connectivity index (χ0v) is 14.6. The van der Waals surface area contributed by atoms with Crippen molar-refractivity contribution in [3.8, 4) is 0 Å². The Balaban J connectivity index is 1.91. The molecule has 6 unspecified atom stereocenters. The molecule has 124 valence electrons. The molecule has 1 N–H and O–H groups in total. The van der Waals surface area contributed by atoms with Crippen LogP contribution in [0.1, 0.15) is 52.9 Å². The van der Waals surface area contributed by atoms with Crippen LogP contribution in [0.3, 0.4) is 0 Å². The van der Waals surface area contributed by atoms with E-state index in [9.17, 15) is 9.90 Å². The van der Waals surface area contributed by atoms with Crippen LogP contribution >= 0.6 is 0 Å². The predicted molar refractivity (Wildman–Crippen MR) is 91.8 cm³/mol. The molecule has 0 radical (unpaired) electrons. The maximum atomic E-state index is 11.9. The highest BCUT2D eigenvalue weighted by Gasteiger charge is 2.65. The molecule has 3 saturated carbocycles. The summed E-state index contributed by atoms with van der Waals surface area (Å²) in [5.41, 5.74) is 1.68. The molecule has 0 aromatic rings. The Labute approximate surface area is 139 Å². The number of hydrogen-bond acceptors (Lipinski definition) is 2. The molecule has 23 heavy (non-hydrogen) atoms. The number of rotatable bonds is 0. The Morgan fingerprint density at radius 1 is 1.30 bits per heavy atom. The molecule has 0 saturated heterocycles. The van der Waals surface area contributed by atoms with Crippen molar-refractivity contribution in [2.45, 2.75) is 58.5 Å². The molecule has 0 amide bonds. The first kappa shape index (κ1) is 15.4. The van der Waals surface area contributed by atoms with Crippen LogP contribution in [-0.4, -0.2) is 16.5 Å². The summed E-state index contributed by atoms with van der Waals surface area (Å²) in [6, 6.07) is 0. The van der Waals surface area contributed by atoms with Gasteiger partial charge in [-0.3, -0.25) is 4.79 Å². The summed E-state index contributed by atoms with van der Waals surface area (Å²) >= 11 is 0. The fourth-order valence-corrected chi connectivity index (χ4v) is 6.49. The van der Waals surface area contributed by atoms with E-state index in [0.29, 0.717) is 11.8 Å². The van der Waals surface area contributed by atoms with Gasteiger partial charge in [0.2, 0.25) is 0 Å². The number of carbonyl (C=O) groups is 1. The molecular formula is C21H28O2. The van der Waals surface area contributed by atoms with Gasteiger partial charge in [-0.2, -0.15) is 0 Å². The highest BCUT2D eigenvalue weighted by atomic mass is 16.3. The number of aliphatic hydroxyl groups is 1. The van der Waals surface area contributed by atoms with Crippen LogP contribution in [0, 0.1) is 28.6 Å². The van der Waals surface area contributed by atoms with Crippen LogP contribution in [0.15, 0.2) is 36.0 Å². The summed E-state index contributed by atoms with van der Waals surface area (Å²) in [6.45, 7) is 11.6. The smallest absolute Gasteiger partial charge is 0.178 e. The minimum Gasteiger partial charge on any atom is -0.381 e. The zero-order valence-electron chi connectivity index (χ0n) is 14.6. The van der Waals surface area contributed by atoms with Crippen molar-refractivity contribution in [2.24, 2.45) is 28.6 Å². The van der Waals surface area contributed by atoms with Gasteiger partial charge in [0.05, 0.1) is 0 Å². The number of ketones is 1. The van der Waals surface area contributed by atoms with E-state index in [4.69, 9.17) is 0 Å². The maximum absolute atomic E-state index is 11.9.